The summed E-state index contributed by atoms with van der Waals surface area (Å²) in [6.07, 6.45) is 0. The summed E-state index contributed by atoms with van der Waals surface area (Å²) in [5.41, 5.74) is 0. The maximum Gasteiger partial charge on any atom is 1.00 e. The summed E-state index contributed by atoms with van der Waals surface area (Å²) in [4.78, 5) is 0. The van der Waals surface area contributed by atoms with Crippen LogP contribution in [0, 0.1) is 5.92 Å². The van der Waals surface area contributed by atoms with Gasteiger partial charge in [0, 0.05) is 5.25 Å². The topological polar surface area (TPSA) is 57.2 Å². The SMILES string of the molecule is CC(C)C(C)S(=O)(=O)[O-].[Na+]. The molecular formula is C5H11NaO3S. The standard InChI is InChI=1S/C5H12O3S.Na/c1-4(2)5(3)9(6,7)8;/h4-5H,1-3H3,(H,6,7,8);/q;+1/p-1. The van der Waals surface area contributed by atoms with Crippen molar-refractivity contribution in [1.82, 2.24) is 0 Å². The Bertz CT molecular complexity index is 173. The fraction of sp³-hybridized carbons (Fsp3) is 1.00. The second kappa shape index (κ2) is 4.72. The quantitative estimate of drug-likeness (QED) is 0.346. The van der Waals surface area contributed by atoms with Crippen LogP contribution < -0.4 is 29.6 Å². The summed E-state index contributed by atoms with van der Waals surface area (Å²) in [6, 6.07) is 0. The van der Waals surface area contributed by atoms with Crippen LogP contribution in [0.15, 0.2) is 0 Å². The third-order valence-electron chi connectivity index (χ3n) is 1.39. The van der Waals surface area contributed by atoms with E-state index in [2.05, 4.69) is 0 Å². The molecule has 0 aromatic rings. The van der Waals surface area contributed by atoms with Crippen LogP contribution in [0.25, 0.3) is 0 Å². The fourth-order valence-corrected chi connectivity index (χ4v) is 1.00. The molecule has 3 nitrogen and oxygen atoms in total. The van der Waals surface area contributed by atoms with Gasteiger partial charge in [0.15, 0.2) is 0 Å². The van der Waals surface area contributed by atoms with E-state index in [0.29, 0.717) is 0 Å². The van der Waals surface area contributed by atoms with E-state index in [1.54, 1.807) is 13.8 Å². The molecule has 0 N–H and O–H groups in total. The third-order valence-corrected chi connectivity index (χ3v) is 2.85. The van der Waals surface area contributed by atoms with E-state index in [1.807, 2.05) is 0 Å². The monoisotopic (exact) mass is 174 g/mol. The van der Waals surface area contributed by atoms with Crippen LogP contribution in [0.1, 0.15) is 20.8 Å². The molecule has 0 aliphatic heterocycles. The molecule has 56 valence electrons. The zero-order valence-corrected chi connectivity index (χ0v) is 9.60. The first-order valence-corrected chi connectivity index (χ1v) is 4.27. The van der Waals surface area contributed by atoms with Gasteiger partial charge in [-0.05, 0) is 12.8 Å². The van der Waals surface area contributed by atoms with Gasteiger partial charge in [-0.15, -0.1) is 0 Å². The summed E-state index contributed by atoms with van der Waals surface area (Å²) in [5, 5.41) is -0.766. The zero-order chi connectivity index (χ0) is 7.65. The molecule has 0 aromatic heterocycles. The van der Waals surface area contributed by atoms with Crippen LogP contribution in [0.2, 0.25) is 0 Å². The molecule has 0 spiro atoms. The van der Waals surface area contributed by atoms with Crippen molar-refractivity contribution < 1.29 is 42.5 Å². The Kier molecular flexibility index (Phi) is 6.37. The Balaban J connectivity index is 0. The van der Waals surface area contributed by atoms with Crippen molar-refractivity contribution in [3.8, 4) is 0 Å². The minimum absolute atomic E-state index is 0. The van der Waals surface area contributed by atoms with Gasteiger partial charge in [-0.3, -0.25) is 0 Å². The predicted octanol–water partition coefficient (Wildman–Crippen LogP) is -2.42. The molecule has 0 amide bonds. The normalized spacial score (nSPS) is 14.5. The number of hydrogen-bond donors (Lipinski definition) is 0. The molecular weight excluding hydrogens is 163 g/mol. The predicted molar refractivity (Wildman–Crippen MR) is 34.0 cm³/mol. The van der Waals surface area contributed by atoms with E-state index in [1.165, 1.54) is 6.92 Å². The molecule has 0 aliphatic rings. The van der Waals surface area contributed by atoms with E-state index < -0.39 is 15.4 Å². The number of hydrogen-bond acceptors (Lipinski definition) is 3. The molecule has 0 rings (SSSR count). The summed E-state index contributed by atoms with van der Waals surface area (Å²) in [6.45, 7) is 4.84. The molecule has 1 unspecified atom stereocenters. The van der Waals surface area contributed by atoms with Crippen LogP contribution >= 0.6 is 0 Å². The van der Waals surface area contributed by atoms with Gasteiger partial charge in [0.05, 0.1) is 10.1 Å². The molecule has 0 saturated carbocycles. The minimum Gasteiger partial charge on any atom is -0.748 e. The molecule has 0 aliphatic carbocycles. The van der Waals surface area contributed by atoms with Gasteiger partial charge in [-0.25, -0.2) is 8.42 Å². The van der Waals surface area contributed by atoms with Gasteiger partial charge >= 0.3 is 29.6 Å². The number of rotatable bonds is 2. The summed E-state index contributed by atoms with van der Waals surface area (Å²) < 4.78 is 30.7. The fourth-order valence-electron chi connectivity index (χ4n) is 0.333. The van der Waals surface area contributed by atoms with E-state index in [0.717, 1.165) is 0 Å². The van der Waals surface area contributed by atoms with Crippen LogP contribution in [-0.4, -0.2) is 18.2 Å². The van der Waals surface area contributed by atoms with Crippen molar-refractivity contribution in [2.45, 2.75) is 26.0 Å². The Morgan fingerprint density at radius 2 is 1.50 bits per heavy atom. The first kappa shape index (κ1) is 13.5. The molecule has 10 heavy (non-hydrogen) atoms. The third kappa shape index (κ3) is 4.68. The van der Waals surface area contributed by atoms with Crippen LogP contribution in [0.3, 0.4) is 0 Å². The van der Waals surface area contributed by atoms with Gasteiger partial charge in [0.1, 0.15) is 0 Å². The molecule has 0 saturated heterocycles. The Labute approximate surface area is 84.2 Å². The first-order chi connectivity index (χ1) is 3.85. The molecule has 0 heterocycles. The summed E-state index contributed by atoms with van der Waals surface area (Å²) >= 11 is 0. The van der Waals surface area contributed by atoms with Crippen LogP contribution in [0.4, 0.5) is 0 Å². The van der Waals surface area contributed by atoms with Crippen molar-refractivity contribution in [2.24, 2.45) is 5.92 Å². The van der Waals surface area contributed by atoms with E-state index in [4.69, 9.17) is 0 Å². The second-order valence-electron chi connectivity index (χ2n) is 2.44. The van der Waals surface area contributed by atoms with Crippen molar-refractivity contribution in [1.29, 1.82) is 0 Å². The molecule has 1 atom stereocenters. The van der Waals surface area contributed by atoms with E-state index >= 15 is 0 Å². The molecule has 0 aromatic carbocycles. The Hall–Kier alpha value is 0.910. The van der Waals surface area contributed by atoms with E-state index in [9.17, 15) is 13.0 Å². The largest absolute Gasteiger partial charge is 1.00 e. The molecule has 0 radical (unpaired) electrons. The smallest absolute Gasteiger partial charge is 0.748 e. The molecule has 5 heteroatoms. The van der Waals surface area contributed by atoms with Crippen LogP contribution in [-0.2, 0) is 10.1 Å². The Morgan fingerprint density at radius 3 is 1.50 bits per heavy atom. The minimum atomic E-state index is -4.05. The first-order valence-electron chi connectivity index (χ1n) is 2.80. The second-order valence-corrected chi connectivity index (χ2v) is 4.17. The van der Waals surface area contributed by atoms with Crippen molar-refractivity contribution in [3.05, 3.63) is 0 Å². The van der Waals surface area contributed by atoms with Gasteiger partial charge in [-0.1, -0.05) is 13.8 Å². The average Bonchev–Trinajstić information content (AvgIpc) is 1.62. The molecule has 0 fully saturated rings. The van der Waals surface area contributed by atoms with Crippen molar-refractivity contribution >= 4 is 10.1 Å². The van der Waals surface area contributed by atoms with Gasteiger partial charge < -0.3 is 4.55 Å². The van der Waals surface area contributed by atoms with Crippen molar-refractivity contribution in [2.75, 3.05) is 0 Å². The van der Waals surface area contributed by atoms with Gasteiger partial charge in [0.2, 0.25) is 0 Å². The average molecular weight is 174 g/mol. The van der Waals surface area contributed by atoms with Gasteiger partial charge in [-0.2, -0.15) is 0 Å². The maximum atomic E-state index is 10.2. The zero-order valence-electron chi connectivity index (χ0n) is 6.79. The maximum absolute atomic E-state index is 10.2. The van der Waals surface area contributed by atoms with Crippen molar-refractivity contribution in [3.63, 3.8) is 0 Å². The van der Waals surface area contributed by atoms with Crippen LogP contribution in [0.5, 0.6) is 0 Å². The summed E-state index contributed by atoms with van der Waals surface area (Å²) in [5.74, 6) is -0.0903. The Morgan fingerprint density at radius 1 is 1.20 bits per heavy atom. The van der Waals surface area contributed by atoms with E-state index in [-0.39, 0.29) is 35.5 Å². The summed E-state index contributed by atoms with van der Waals surface area (Å²) in [7, 11) is -4.05. The molecule has 0 bridgehead atoms. The van der Waals surface area contributed by atoms with Gasteiger partial charge in [0.25, 0.3) is 0 Å².